The summed E-state index contributed by atoms with van der Waals surface area (Å²) in [5, 5.41) is 3.02. The van der Waals surface area contributed by atoms with Crippen molar-refractivity contribution in [3.63, 3.8) is 0 Å². The number of hydrogen-bond acceptors (Lipinski definition) is 6. The Bertz CT molecular complexity index is 965. The number of anilines is 1. The third kappa shape index (κ3) is 6.34. The van der Waals surface area contributed by atoms with E-state index in [9.17, 15) is 14.4 Å². The van der Waals surface area contributed by atoms with Crippen molar-refractivity contribution in [3.05, 3.63) is 29.8 Å². The summed E-state index contributed by atoms with van der Waals surface area (Å²) in [6.45, 7) is 16.1. The molecule has 8 nitrogen and oxygen atoms in total. The number of ketones is 1. The van der Waals surface area contributed by atoms with Crippen LogP contribution < -0.4 is 10.2 Å². The van der Waals surface area contributed by atoms with Crippen molar-refractivity contribution in [1.82, 2.24) is 15.1 Å². The molecule has 37 heavy (non-hydrogen) atoms. The lowest BCUT2D eigenvalue weighted by Gasteiger charge is -2.35. The molecule has 1 aromatic carbocycles. The lowest BCUT2D eigenvalue weighted by Crippen LogP contribution is -2.53. The fraction of sp³-hybridized carbons (Fsp3) is 0.690. The lowest BCUT2D eigenvalue weighted by molar-refractivity contribution is -0.138. The van der Waals surface area contributed by atoms with Crippen LogP contribution in [-0.2, 0) is 14.3 Å². The SMILES string of the molecule is CCC[C@H]1CN(C(=O)[C@H](CC(C)(C)C)NC(=O)c2ccc(N3CCN(CC)CC3)cc2)[C@@H]2C(=O)CO[C@H]12. The number of Topliss-reactive ketones (excluding diaryl/α,β-unsaturated/α-hetero) is 1. The number of piperazine rings is 1. The molecule has 8 heteroatoms. The number of hydrogen-bond donors (Lipinski definition) is 1. The maximum absolute atomic E-state index is 13.8. The number of ether oxygens (including phenoxy) is 1. The van der Waals surface area contributed by atoms with Crippen LogP contribution in [0.4, 0.5) is 5.69 Å². The number of rotatable bonds is 8. The maximum Gasteiger partial charge on any atom is 0.251 e. The van der Waals surface area contributed by atoms with E-state index < -0.39 is 12.1 Å². The molecule has 0 spiro atoms. The summed E-state index contributed by atoms with van der Waals surface area (Å²) in [6.07, 6.45) is 2.14. The van der Waals surface area contributed by atoms with Gasteiger partial charge in [-0.25, -0.2) is 0 Å². The third-order valence-corrected chi connectivity index (χ3v) is 7.97. The Morgan fingerprint density at radius 2 is 1.76 bits per heavy atom. The van der Waals surface area contributed by atoms with E-state index in [1.165, 1.54) is 0 Å². The Kier molecular flexibility index (Phi) is 8.59. The van der Waals surface area contributed by atoms with Crippen LogP contribution in [0.5, 0.6) is 0 Å². The van der Waals surface area contributed by atoms with Crippen LogP contribution in [0.3, 0.4) is 0 Å². The van der Waals surface area contributed by atoms with Gasteiger partial charge in [-0.1, -0.05) is 41.0 Å². The van der Waals surface area contributed by atoms with Crippen LogP contribution in [0.15, 0.2) is 24.3 Å². The number of amides is 2. The fourth-order valence-corrected chi connectivity index (χ4v) is 6.01. The molecular weight excluding hydrogens is 468 g/mol. The molecule has 3 aliphatic heterocycles. The Morgan fingerprint density at radius 3 is 2.35 bits per heavy atom. The summed E-state index contributed by atoms with van der Waals surface area (Å²) < 4.78 is 5.80. The predicted molar refractivity (Wildman–Crippen MR) is 145 cm³/mol. The first-order chi connectivity index (χ1) is 17.6. The molecule has 4 atom stereocenters. The monoisotopic (exact) mass is 512 g/mol. The van der Waals surface area contributed by atoms with E-state index in [2.05, 4.69) is 49.7 Å². The second-order valence-electron chi connectivity index (χ2n) is 12.0. The molecule has 204 valence electrons. The highest BCUT2D eigenvalue weighted by Crippen LogP contribution is 2.35. The van der Waals surface area contributed by atoms with Gasteiger partial charge >= 0.3 is 0 Å². The van der Waals surface area contributed by atoms with Gasteiger partial charge in [-0.05, 0) is 49.1 Å². The summed E-state index contributed by atoms with van der Waals surface area (Å²) in [5.41, 5.74) is 1.46. The highest BCUT2D eigenvalue weighted by atomic mass is 16.5. The molecular formula is C29H44N4O4. The fourth-order valence-electron chi connectivity index (χ4n) is 6.01. The van der Waals surface area contributed by atoms with Crippen LogP contribution in [-0.4, -0.2) is 91.5 Å². The van der Waals surface area contributed by atoms with E-state index in [0.29, 0.717) is 18.5 Å². The Hall–Kier alpha value is -2.45. The molecule has 0 bridgehead atoms. The first-order valence-electron chi connectivity index (χ1n) is 13.9. The number of nitrogens with zero attached hydrogens (tertiary/aromatic N) is 3. The minimum atomic E-state index is -0.705. The minimum Gasteiger partial charge on any atom is -0.369 e. The molecule has 1 N–H and O–H groups in total. The molecule has 3 heterocycles. The number of likely N-dealkylation sites (N-methyl/N-ethyl adjacent to an activating group) is 1. The summed E-state index contributed by atoms with van der Waals surface area (Å²) in [7, 11) is 0. The van der Waals surface area contributed by atoms with Crippen molar-refractivity contribution in [1.29, 1.82) is 0 Å². The molecule has 0 saturated carbocycles. The van der Waals surface area contributed by atoms with Gasteiger partial charge in [0.2, 0.25) is 5.91 Å². The zero-order valence-electron chi connectivity index (χ0n) is 23.2. The van der Waals surface area contributed by atoms with Gasteiger partial charge in [-0.3, -0.25) is 14.4 Å². The van der Waals surface area contributed by atoms with Crippen molar-refractivity contribution >= 4 is 23.3 Å². The molecule has 3 saturated heterocycles. The quantitative estimate of drug-likeness (QED) is 0.577. The number of nitrogens with one attached hydrogen (secondary N) is 1. The smallest absolute Gasteiger partial charge is 0.251 e. The van der Waals surface area contributed by atoms with Crippen LogP contribution >= 0.6 is 0 Å². The predicted octanol–water partition coefficient (Wildman–Crippen LogP) is 2.96. The van der Waals surface area contributed by atoms with Crippen LogP contribution in [0, 0.1) is 11.3 Å². The van der Waals surface area contributed by atoms with E-state index in [0.717, 1.165) is 51.3 Å². The number of carbonyl (C=O) groups is 3. The molecule has 0 aromatic heterocycles. The third-order valence-electron chi connectivity index (χ3n) is 7.97. The van der Waals surface area contributed by atoms with Crippen LogP contribution in [0.1, 0.15) is 64.2 Å². The molecule has 1 aromatic rings. The van der Waals surface area contributed by atoms with E-state index in [4.69, 9.17) is 4.74 Å². The summed E-state index contributed by atoms with van der Waals surface area (Å²) in [6, 6.07) is 6.43. The van der Waals surface area contributed by atoms with Crippen molar-refractivity contribution in [2.24, 2.45) is 11.3 Å². The highest BCUT2D eigenvalue weighted by molar-refractivity contribution is 5.99. The highest BCUT2D eigenvalue weighted by Gasteiger charge is 2.52. The molecule has 0 aliphatic carbocycles. The van der Waals surface area contributed by atoms with E-state index in [1.807, 2.05) is 24.3 Å². The molecule has 3 fully saturated rings. The Morgan fingerprint density at radius 1 is 1.08 bits per heavy atom. The van der Waals surface area contributed by atoms with Gasteiger partial charge in [0.25, 0.3) is 5.91 Å². The van der Waals surface area contributed by atoms with Crippen molar-refractivity contribution in [2.75, 3.05) is 50.8 Å². The van der Waals surface area contributed by atoms with Crippen LogP contribution in [0.25, 0.3) is 0 Å². The van der Waals surface area contributed by atoms with Gasteiger partial charge in [0, 0.05) is 49.9 Å². The van der Waals surface area contributed by atoms with Gasteiger partial charge in [-0.15, -0.1) is 0 Å². The van der Waals surface area contributed by atoms with Crippen molar-refractivity contribution in [3.8, 4) is 0 Å². The Labute approximate surface area is 221 Å². The molecule has 3 aliphatic rings. The molecule has 4 rings (SSSR count). The second kappa shape index (κ2) is 11.5. The normalized spacial score (nSPS) is 25.3. The summed E-state index contributed by atoms with van der Waals surface area (Å²) in [5.74, 6) is -0.322. The van der Waals surface area contributed by atoms with Crippen LogP contribution in [0.2, 0.25) is 0 Å². The zero-order chi connectivity index (χ0) is 26.7. The number of carbonyl (C=O) groups excluding carboxylic acids is 3. The lowest BCUT2D eigenvalue weighted by atomic mass is 9.87. The average Bonchev–Trinajstić information content (AvgIpc) is 3.43. The number of benzene rings is 1. The van der Waals surface area contributed by atoms with E-state index in [-0.39, 0.29) is 41.6 Å². The van der Waals surface area contributed by atoms with Gasteiger partial charge in [-0.2, -0.15) is 0 Å². The Balaban J connectivity index is 1.46. The molecule has 0 radical (unpaired) electrons. The largest absolute Gasteiger partial charge is 0.369 e. The van der Waals surface area contributed by atoms with E-state index >= 15 is 0 Å². The van der Waals surface area contributed by atoms with Gasteiger partial charge < -0.3 is 24.8 Å². The van der Waals surface area contributed by atoms with Gasteiger partial charge in [0.15, 0.2) is 5.78 Å². The van der Waals surface area contributed by atoms with Crippen molar-refractivity contribution in [2.45, 2.75) is 72.1 Å². The zero-order valence-corrected chi connectivity index (χ0v) is 23.2. The minimum absolute atomic E-state index is 0.0341. The number of likely N-dealkylation sites (tertiary alicyclic amines) is 1. The first kappa shape index (κ1) is 27.6. The standard InChI is InChI=1S/C29H44N4O4/c1-6-8-21-18-33(25-24(34)19-37-26(21)25)28(36)23(17-29(3,4)5)30-27(35)20-9-11-22(12-10-20)32-15-13-31(7-2)14-16-32/h9-12,21,23,25-26H,6-8,13-19H2,1-5H3,(H,30,35)/t21-,23-,25+,26+/m0/s1. The average molecular weight is 513 g/mol. The van der Waals surface area contributed by atoms with Crippen molar-refractivity contribution < 1.29 is 19.1 Å². The first-order valence-corrected chi connectivity index (χ1v) is 13.9. The molecule has 2 amide bonds. The summed E-state index contributed by atoms with van der Waals surface area (Å²) >= 11 is 0. The molecule has 0 unspecified atom stereocenters. The topological polar surface area (TPSA) is 82.2 Å². The number of fused-ring (bicyclic) bond motifs is 1. The maximum atomic E-state index is 13.8. The summed E-state index contributed by atoms with van der Waals surface area (Å²) in [4.78, 5) is 46.3. The van der Waals surface area contributed by atoms with Gasteiger partial charge in [0.1, 0.15) is 18.7 Å². The second-order valence-corrected chi connectivity index (χ2v) is 12.0. The van der Waals surface area contributed by atoms with Gasteiger partial charge in [0.05, 0.1) is 6.10 Å². The van der Waals surface area contributed by atoms with E-state index in [1.54, 1.807) is 4.90 Å².